The van der Waals surface area contributed by atoms with Crippen LogP contribution >= 0.6 is 0 Å². The topological polar surface area (TPSA) is 101 Å². The highest BCUT2D eigenvalue weighted by atomic mass is 16.5. The van der Waals surface area contributed by atoms with Gasteiger partial charge >= 0.3 is 0 Å². The van der Waals surface area contributed by atoms with Crippen LogP contribution in [0, 0.1) is 0 Å². The molecular weight excluding hydrogens is 444 g/mol. The number of ether oxygens (including phenoxy) is 2. The maximum atomic E-state index is 12.6. The first-order chi connectivity index (χ1) is 17.1. The second-order valence-electron chi connectivity index (χ2n) is 9.83. The molecule has 2 bridgehead atoms. The molecule has 8 heteroatoms. The number of phenolic OH excluding ortho intramolecular Hbond substituents is 1. The molecule has 1 aromatic carbocycles. The van der Waals surface area contributed by atoms with Crippen molar-refractivity contribution in [3.8, 4) is 17.0 Å². The number of hydrogen-bond acceptors (Lipinski definition) is 6. The van der Waals surface area contributed by atoms with Crippen LogP contribution in [0.25, 0.3) is 22.3 Å². The lowest BCUT2D eigenvalue weighted by Crippen LogP contribution is -2.58. The van der Waals surface area contributed by atoms with Crippen molar-refractivity contribution in [1.82, 2.24) is 20.1 Å². The molecule has 3 aliphatic rings. The van der Waals surface area contributed by atoms with E-state index in [1.54, 1.807) is 12.1 Å². The normalized spacial score (nSPS) is 26.2. The predicted octanol–water partition coefficient (Wildman–Crippen LogP) is 3.71. The van der Waals surface area contributed by atoms with Crippen molar-refractivity contribution in [3.63, 3.8) is 0 Å². The number of aromatic amines is 1. The summed E-state index contributed by atoms with van der Waals surface area (Å²) in [7, 11) is 0. The van der Waals surface area contributed by atoms with Gasteiger partial charge in [0.05, 0.1) is 37.1 Å². The average Bonchev–Trinajstić information content (AvgIpc) is 3.51. The van der Waals surface area contributed by atoms with Gasteiger partial charge in [-0.3, -0.25) is 4.79 Å². The van der Waals surface area contributed by atoms with Gasteiger partial charge in [0.25, 0.3) is 0 Å². The molecule has 3 aromatic rings. The number of piperidine rings is 1. The minimum absolute atomic E-state index is 0.0175. The second-order valence-corrected chi connectivity index (χ2v) is 9.83. The standard InChI is InChI=1S/C27H30N4O4/c1-2-25(33)31-17-10-16(11-18(31)15-34-14-17)26-21(12-19-6-5-9-35-19)22-13-23(29-30-27(22)28-26)20-7-3-4-8-24(20)32/h2-4,7-8,13,16-19,32H,1,5-6,9-12,14-15H2,(H,28,30)/t16?,17-,18+,19-/m0/s1. The Bertz CT molecular complexity index is 1250. The Hall–Kier alpha value is -3.23. The van der Waals surface area contributed by atoms with Crippen molar-refractivity contribution in [2.75, 3.05) is 19.8 Å². The number of nitrogens with zero attached hydrogens (tertiary/aromatic N) is 3. The number of H-pyrrole nitrogens is 1. The van der Waals surface area contributed by atoms with Gasteiger partial charge in [-0.25, -0.2) is 0 Å². The third-order valence-electron chi connectivity index (χ3n) is 7.69. The Labute approximate surface area is 203 Å². The van der Waals surface area contributed by atoms with Gasteiger partial charge in [0.15, 0.2) is 5.65 Å². The van der Waals surface area contributed by atoms with Crippen molar-refractivity contribution >= 4 is 16.9 Å². The molecule has 1 unspecified atom stereocenters. The van der Waals surface area contributed by atoms with Crippen LogP contribution < -0.4 is 0 Å². The molecule has 1 amide bonds. The van der Waals surface area contributed by atoms with E-state index in [0.717, 1.165) is 49.7 Å². The third-order valence-corrected chi connectivity index (χ3v) is 7.69. The minimum Gasteiger partial charge on any atom is -0.507 e. The van der Waals surface area contributed by atoms with Gasteiger partial charge in [-0.2, -0.15) is 0 Å². The number of benzene rings is 1. The highest BCUT2D eigenvalue weighted by Crippen LogP contribution is 2.41. The number of aromatic nitrogens is 3. The molecule has 35 heavy (non-hydrogen) atoms. The van der Waals surface area contributed by atoms with E-state index >= 15 is 0 Å². The van der Waals surface area contributed by atoms with Crippen LogP contribution in [0.5, 0.6) is 5.75 Å². The minimum atomic E-state index is -0.0175. The van der Waals surface area contributed by atoms with Crippen molar-refractivity contribution in [3.05, 3.63) is 54.2 Å². The van der Waals surface area contributed by atoms with Crippen LogP contribution in [0.2, 0.25) is 0 Å². The fourth-order valence-electron chi connectivity index (χ4n) is 6.10. The largest absolute Gasteiger partial charge is 0.507 e. The first-order valence-corrected chi connectivity index (χ1v) is 12.4. The van der Waals surface area contributed by atoms with E-state index < -0.39 is 0 Å². The Morgan fingerprint density at radius 1 is 1.23 bits per heavy atom. The van der Waals surface area contributed by atoms with Gasteiger partial charge in [0.2, 0.25) is 5.91 Å². The molecule has 0 spiro atoms. The lowest BCUT2D eigenvalue weighted by molar-refractivity contribution is -0.146. The number of morpholine rings is 1. The maximum absolute atomic E-state index is 12.6. The first-order valence-electron chi connectivity index (χ1n) is 12.4. The van der Waals surface area contributed by atoms with Crippen LogP contribution in [-0.4, -0.2) is 69.1 Å². The summed E-state index contributed by atoms with van der Waals surface area (Å²) in [4.78, 5) is 18.1. The summed E-state index contributed by atoms with van der Waals surface area (Å²) in [6.07, 6.45) is 6.16. The van der Waals surface area contributed by atoms with Crippen LogP contribution in [-0.2, 0) is 20.7 Å². The van der Waals surface area contributed by atoms with E-state index in [-0.39, 0.29) is 35.8 Å². The number of para-hydroxylation sites is 1. The van der Waals surface area contributed by atoms with Crippen LogP contribution in [0.4, 0.5) is 0 Å². The SMILES string of the molecule is C=CC(=O)N1[C@@H]2COC[C@H]1CC(c1[nH]c3nnc(-c4ccccc4O)cc3c1C[C@@H]1CCCO1)C2. The summed E-state index contributed by atoms with van der Waals surface area (Å²) >= 11 is 0. The Morgan fingerprint density at radius 2 is 2.03 bits per heavy atom. The van der Waals surface area contributed by atoms with Crippen LogP contribution in [0.1, 0.15) is 42.9 Å². The molecule has 0 saturated carbocycles. The van der Waals surface area contributed by atoms with Gasteiger partial charge in [0.1, 0.15) is 5.75 Å². The summed E-state index contributed by atoms with van der Waals surface area (Å²) in [5, 5.41) is 20.3. The zero-order valence-electron chi connectivity index (χ0n) is 19.7. The van der Waals surface area contributed by atoms with E-state index in [0.29, 0.717) is 24.5 Å². The van der Waals surface area contributed by atoms with Crippen molar-refractivity contribution in [2.24, 2.45) is 0 Å². The van der Waals surface area contributed by atoms with E-state index in [1.807, 2.05) is 23.1 Å². The Kier molecular flexibility index (Phi) is 5.78. The zero-order chi connectivity index (χ0) is 23.9. The molecule has 0 aliphatic carbocycles. The predicted molar refractivity (Wildman–Crippen MR) is 131 cm³/mol. The van der Waals surface area contributed by atoms with Crippen LogP contribution in [0.3, 0.4) is 0 Å². The Balaban J connectivity index is 1.41. The van der Waals surface area contributed by atoms with Gasteiger partial charge in [-0.1, -0.05) is 18.7 Å². The molecule has 3 saturated heterocycles. The van der Waals surface area contributed by atoms with Gasteiger partial charge in [0, 0.05) is 35.6 Å². The molecule has 0 radical (unpaired) electrons. The van der Waals surface area contributed by atoms with Crippen molar-refractivity contribution < 1.29 is 19.4 Å². The quantitative estimate of drug-likeness (QED) is 0.547. The summed E-state index contributed by atoms with van der Waals surface area (Å²) in [5.74, 6) is 0.419. The molecule has 3 fully saturated rings. The number of fused-ring (bicyclic) bond motifs is 3. The summed E-state index contributed by atoms with van der Waals surface area (Å²) in [5.41, 5.74) is 4.44. The number of phenols is 1. The second kappa shape index (κ2) is 9.09. The van der Waals surface area contributed by atoms with E-state index in [4.69, 9.17) is 9.47 Å². The molecule has 2 N–H and O–H groups in total. The highest BCUT2D eigenvalue weighted by Gasteiger charge is 2.42. The zero-order valence-corrected chi connectivity index (χ0v) is 19.7. The number of carbonyl (C=O) groups is 1. The van der Waals surface area contributed by atoms with Crippen molar-refractivity contribution in [2.45, 2.75) is 56.2 Å². The summed E-state index contributed by atoms with van der Waals surface area (Å²) in [6.45, 7) is 5.59. The van der Waals surface area contributed by atoms with Crippen molar-refractivity contribution in [1.29, 1.82) is 0 Å². The highest BCUT2D eigenvalue weighted by molar-refractivity contribution is 5.88. The smallest absolute Gasteiger partial charge is 0.246 e. The fourth-order valence-corrected chi connectivity index (χ4v) is 6.10. The monoisotopic (exact) mass is 474 g/mol. The molecule has 2 aromatic heterocycles. The number of carbonyl (C=O) groups excluding carboxylic acids is 1. The molecule has 182 valence electrons. The van der Waals surface area contributed by atoms with E-state index in [9.17, 15) is 9.90 Å². The number of hydrogen-bond donors (Lipinski definition) is 2. The fraction of sp³-hybridized carbons (Fsp3) is 0.444. The van der Waals surface area contributed by atoms with Gasteiger partial charge < -0.3 is 24.5 Å². The summed E-state index contributed by atoms with van der Waals surface area (Å²) in [6, 6.07) is 9.29. The molecule has 4 atom stereocenters. The summed E-state index contributed by atoms with van der Waals surface area (Å²) < 4.78 is 11.8. The number of amides is 1. The number of aromatic hydroxyl groups is 1. The average molecular weight is 475 g/mol. The molecular formula is C27H30N4O4. The number of nitrogens with one attached hydrogen (secondary N) is 1. The van der Waals surface area contributed by atoms with Gasteiger partial charge in [-0.05, 0) is 55.5 Å². The lowest BCUT2D eigenvalue weighted by atomic mass is 9.81. The first kappa shape index (κ1) is 22.2. The molecule has 6 rings (SSSR count). The number of rotatable bonds is 5. The van der Waals surface area contributed by atoms with Crippen LogP contribution in [0.15, 0.2) is 43.0 Å². The van der Waals surface area contributed by atoms with E-state index in [1.165, 1.54) is 17.3 Å². The van der Waals surface area contributed by atoms with Gasteiger partial charge in [-0.15, -0.1) is 10.2 Å². The molecule has 3 aliphatic heterocycles. The lowest BCUT2D eigenvalue weighted by Gasteiger charge is -2.48. The van der Waals surface area contributed by atoms with E-state index in [2.05, 4.69) is 21.8 Å². The molecule has 5 heterocycles. The Morgan fingerprint density at radius 3 is 2.74 bits per heavy atom. The maximum Gasteiger partial charge on any atom is 0.246 e. The molecule has 8 nitrogen and oxygen atoms in total. The third kappa shape index (κ3) is 4.00.